The van der Waals surface area contributed by atoms with Gasteiger partial charge in [0.25, 0.3) is 5.91 Å². The molecule has 0 saturated carbocycles. The summed E-state index contributed by atoms with van der Waals surface area (Å²) in [7, 11) is 0. The zero-order valence-corrected chi connectivity index (χ0v) is 25.2. The Balaban J connectivity index is 0.000000468. The van der Waals surface area contributed by atoms with E-state index in [-0.39, 0.29) is 30.9 Å². The Hall–Kier alpha value is -0.0500. The van der Waals surface area contributed by atoms with Crippen molar-refractivity contribution in [1.29, 1.82) is 0 Å². The molecule has 0 aliphatic carbocycles. The highest BCUT2D eigenvalue weighted by atomic mass is 127. The molecular formula is C20H28I3N3O7. The van der Waals surface area contributed by atoms with Crippen molar-refractivity contribution in [2.24, 2.45) is 5.73 Å². The molecule has 186 valence electrons. The van der Waals surface area contributed by atoms with Gasteiger partial charge in [-0.3, -0.25) is 4.79 Å². The first-order chi connectivity index (χ1) is 15.3. The summed E-state index contributed by atoms with van der Waals surface area (Å²) in [5.41, 5.74) is 6.57. The number of carbonyl (C=O) groups excluding carboxylic acids is 2. The summed E-state index contributed by atoms with van der Waals surface area (Å²) in [6.07, 6.45) is -0.242. The van der Waals surface area contributed by atoms with Gasteiger partial charge in [-0.25, -0.2) is 4.79 Å². The fourth-order valence-corrected chi connectivity index (χ4v) is 7.33. The Morgan fingerprint density at radius 3 is 2.06 bits per heavy atom. The van der Waals surface area contributed by atoms with E-state index in [9.17, 15) is 14.7 Å². The van der Waals surface area contributed by atoms with Gasteiger partial charge in [-0.2, -0.15) is 0 Å². The number of hydrogen-bond acceptors (Lipinski definition) is 7. The Morgan fingerprint density at radius 1 is 1.03 bits per heavy atom. The SMILES string of the molecule is CC1(C)OCC(CNC(=O)c2c(I)c(CO)c(I)c(NC(N)=O)c2I)O1.CC1(C)OCCO1. The number of carbonyl (C=O) groups is 2. The van der Waals surface area contributed by atoms with Gasteiger partial charge < -0.3 is 40.4 Å². The summed E-state index contributed by atoms with van der Waals surface area (Å²) >= 11 is 6.02. The Labute approximate surface area is 233 Å². The molecule has 33 heavy (non-hydrogen) atoms. The van der Waals surface area contributed by atoms with Crippen molar-refractivity contribution < 1.29 is 33.6 Å². The third-order valence-corrected chi connectivity index (χ3v) is 8.04. The van der Waals surface area contributed by atoms with Crippen LogP contribution in [0.5, 0.6) is 0 Å². The molecule has 13 heteroatoms. The van der Waals surface area contributed by atoms with Crippen LogP contribution in [0.2, 0.25) is 0 Å². The van der Waals surface area contributed by atoms with Crippen LogP contribution in [-0.4, -0.2) is 61.1 Å². The smallest absolute Gasteiger partial charge is 0.316 e. The number of hydrogen-bond donors (Lipinski definition) is 4. The molecule has 10 nitrogen and oxygen atoms in total. The zero-order chi connectivity index (χ0) is 25.0. The normalized spacial score (nSPS) is 20.7. The summed E-state index contributed by atoms with van der Waals surface area (Å²) in [6.45, 7) is 9.36. The number of benzene rings is 1. The van der Waals surface area contributed by atoms with Crippen molar-refractivity contribution in [2.75, 3.05) is 31.7 Å². The fraction of sp³-hybridized carbons (Fsp3) is 0.600. The number of ether oxygens (including phenoxy) is 4. The standard InChI is InChI=1S/C15H18I3N3O5.C5H10O2/c1-15(2)25-5-6(26-15)3-20-13(23)8-9(16)7(4-22)10(17)12(11(8)18)21-14(19)24;1-5(2)6-3-4-7-5/h6,22H,3-5H2,1-2H3,(H,20,23)(H3,19,21,24);3-4H2,1-2H3. The minimum atomic E-state index is -0.740. The lowest BCUT2D eigenvalue weighted by atomic mass is 10.1. The molecule has 2 aliphatic rings. The van der Waals surface area contributed by atoms with Gasteiger partial charge in [0.05, 0.1) is 41.2 Å². The molecule has 5 N–H and O–H groups in total. The number of primary amides is 1. The number of nitrogens with one attached hydrogen (secondary N) is 2. The number of aliphatic hydroxyl groups is 1. The lowest BCUT2D eigenvalue weighted by Crippen LogP contribution is -2.35. The summed E-state index contributed by atoms with van der Waals surface area (Å²) in [5, 5.41) is 15.1. The predicted molar refractivity (Wildman–Crippen MR) is 147 cm³/mol. The summed E-state index contributed by atoms with van der Waals surface area (Å²) in [6, 6.07) is -0.740. The van der Waals surface area contributed by atoms with Crippen LogP contribution in [0.4, 0.5) is 10.5 Å². The summed E-state index contributed by atoms with van der Waals surface area (Å²) < 4.78 is 23.2. The zero-order valence-electron chi connectivity index (χ0n) is 18.7. The van der Waals surface area contributed by atoms with Crippen LogP contribution >= 0.6 is 67.8 Å². The monoisotopic (exact) mass is 803 g/mol. The van der Waals surface area contributed by atoms with E-state index < -0.39 is 11.8 Å². The molecule has 2 heterocycles. The third kappa shape index (κ3) is 8.25. The largest absolute Gasteiger partial charge is 0.392 e. The second-order valence-electron chi connectivity index (χ2n) is 8.08. The average Bonchev–Trinajstić information content (AvgIpc) is 3.28. The molecule has 3 amide bonds. The van der Waals surface area contributed by atoms with Gasteiger partial charge in [-0.1, -0.05) is 0 Å². The number of nitrogens with two attached hydrogens (primary N) is 1. The molecule has 0 spiro atoms. The summed E-state index contributed by atoms with van der Waals surface area (Å²) in [5.74, 6) is -1.30. The highest BCUT2D eigenvalue weighted by molar-refractivity contribution is 14.1. The van der Waals surface area contributed by atoms with Crippen LogP contribution in [0.15, 0.2) is 0 Å². The molecular weight excluding hydrogens is 775 g/mol. The average molecular weight is 803 g/mol. The fourth-order valence-electron chi connectivity index (χ4n) is 3.06. The quantitative estimate of drug-likeness (QED) is 0.336. The van der Waals surface area contributed by atoms with E-state index in [1.165, 1.54) is 0 Å². The molecule has 1 aromatic carbocycles. The van der Waals surface area contributed by atoms with Crippen molar-refractivity contribution in [3.05, 3.63) is 21.8 Å². The second kappa shape index (κ2) is 12.3. The van der Waals surface area contributed by atoms with E-state index in [1.54, 1.807) is 0 Å². The van der Waals surface area contributed by atoms with Gasteiger partial charge >= 0.3 is 6.03 Å². The van der Waals surface area contributed by atoms with E-state index in [0.29, 0.717) is 34.1 Å². The second-order valence-corrected chi connectivity index (χ2v) is 11.3. The first-order valence-corrected chi connectivity index (χ1v) is 13.3. The molecule has 0 radical (unpaired) electrons. The van der Waals surface area contributed by atoms with Crippen LogP contribution in [0.1, 0.15) is 43.6 Å². The highest BCUT2D eigenvalue weighted by Gasteiger charge is 2.33. The molecule has 3 rings (SSSR count). The molecule has 1 atom stereocenters. The molecule has 0 bridgehead atoms. The van der Waals surface area contributed by atoms with Crippen molar-refractivity contribution in [1.82, 2.24) is 5.32 Å². The lowest BCUT2D eigenvalue weighted by Gasteiger charge is -2.19. The first kappa shape index (κ1) is 29.2. The summed E-state index contributed by atoms with van der Waals surface area (Å²) in [4.78, 5) is 24.1. The number of anilines is 1. The van der Waals surface area contributed by atoms with Crippen molar-refractivity contribution in [3.8, 4) is 0 Å². The van der Waals surface area contributed by atoms with Gasteiger partial charge in [-0.05, 0) is 95.5 Å². The number of amides is 3. The third-order valence-electron chi connectivity index (χ3n) is 4.58. The Kier molecular flexibility index (Phi) is 10.8. The van der Waals surface area contributed by atoms with Gasteiger partial charge in [0.1, 0.15) is 6.10 Å². The molecule has 2 fully saturated rings. The maximum absolute atomic E-state index is 12.8. The molecule has 2 aliphatic heterocycles. The van der Waals surface area contributed by atoms with E-state index in [4.69, 9.17) is 24.7 Å². The number of urea groups is 1. The van der Waals surface area contributed by atoms with E-state index in [2.05, 4.69) is 10.6 Å². The molecule has 2 saturated heterocycles. The van der Waals surface area contributed by atoms with Crippen molar-refractivity contribution >= 4 is 85.4 Å². The molecule has 1 aromatic rings. The van der Waals surface area contributed by atoms with Gasteiger partial charge in [0.15, 0.2) is 11.6 Å². The number of rotatable bonds is 5. The number of aliphatic hydroxyl groups excluding tert-OH is 1. The minimum absolute atomic E-state index is 0.242. The van der Waals surface area contributed by atoms with Gasteiger partial charge in [-0.15, -0.1) is 0 Å². The molecule has 1 unspecified atom stereocenters. The molecule has 0 aromatic heterocycles. The number of halogens is 3. The van der Waals surface area contributed by atoms with Crippen LogP contribution in [0.3, 0.4) is 0 Å². The van der Waals surface area contributed by atoms with Crippen LogP contribution in [0, 0.1) is 10.7 Å². The maximum Gasteiger partial charge on any atom is 0.316 e. The lowest BCUT2D eigenvalue weighted by molar-refractivity contribution is -0.137. The first-order valence-electron chi connectivity index (χ1n) is 10.0. The van der Waals surface area contributed by atoms with E-state index >= 15 is 0 Å². The van der Waals surface area contributed by atoms with E-state index in [1.807, 2.05) is 95.5 Å². The highest BCUT2D eigenvalue weighted by Crippen LogP contribution is 2.35. The van der Waals surface area contributed by atoms with Crippen LogP contribution in [0.25, 0.3) is 0 Å². The van der Waals surface area contributed by atoms with Crippen LogP contribution < -0.4 is 16.4 Å². The van der Waals surface area contributed by atoms with E-state index in [0.717, 1.165) is 13.2 Å². The topological polar surface area (TPSA) is 141 Å². The van der Waals surface area contributed by atoms with Crippen LogP contribution in [-0.2, 0) is 25.6 Å². The Morgan fingerprint density at radius 2 is 1.64 bits per heavy atom. The predicted octanol–water partition coefficient (Wildman–Crippen LogP) is 3.13. The van der Waals surface area contributed by atoms with Gasteiger partial charge in [0, 0.05) is 19.2 Å². The minimum Gasteiger partial charge on any atom is -0.392 e. The van der Waals surface area contributed by atoms with Gasteiger partial charge in [0.2, 0.25) is 0 Å². The van der Waals surface area contributed by atoms with Crippen molar-refractivity contribution in [3.63, 3.8) is 0 Å². The van der Waals surface area contributed by atoms with Crippen molar-refractivity contribution in [2.45, 2.75) is 52.0 Å². The Bertz CT molecular complexity index is 888. The maximum atomic E-state index is 12.8.